The SMILES string of the molecule is NCCCN1CCN(CC2COc3ccccc32)CC1. The van der Waals surface area contributed by atoms with Gasteiger partial charge < -0.3 is 20.3 Å². The fourth-order valence-electron chi connectivity index (χ4n) is 3.20. The van der Waals surface area contributed by atoms with E-state index in [0.717, 1.165) is 38.4 Å². The Labute approximate surface area is 121 Å². The molecule has 20 heavy (non-hydrogen) atoms. The van der Waals surface area contributed by atoms with E-state index in [1.807, 2.05) is 0 Å². The van der Waals surface area contributed by atoms with Crippen LogP contribution in [0.2, 0.25) is 0 Å². The summed E-state index contributed by atoms with van der Waals surface area (Å²) in [4.78, 5) is 5.11. The molecule has 1 fully saturated rings. The fourth-order valence-corrected chi connectivity index (χ4v) is 3.20. The Bertz CT molecular complexity index is 429. The molecule has 2 aliphatic heterocycles. The summed E-state index contributed by atoms with van der Waals surface area (Å²) in [6, 6.07) is 8.47. The average Bonchev–Trinajstić information content (AvgIpc) is 2.90. The Balaban J connectivity index is 1.49. The molecule has 1 aromatic rings. The molecule has 4 nitrogen and oxygen atoms in total. The van der Waals surface area contributed by atoms with Crippen molar-refractivity contribution in [2.24, 2.45) is 5.73 Å². The van der Waals surface area contributed by atoms with Crippen LogP contribution < -0.4 is 10.5 Å². The summed E-state index contributed by atoms with van der Waals surface area (Å²) in [6.07, 6.45) is 1.11. The minimum absolute atomic E-state index is 0.543. The molecular formula is C16H25N3O. The Morgan fingerprint density at radius 1 is 1.10 bits per heavy atom. The van der Waals surface area contributed by atoms with Crippen molar-refractivity contribution in [1.29, 1.82) is 0 Å². The first kappa shape index (κ1) is 13.9. The first-order valence-corrected chi connectivity index (χ1v) is 7.73. The van der Waals surface area contributed by atoms with Crippen molar-refractivity contribution in [1.82, 2.24) is 9.80 Å². The van der Waals surface area contributed by atoms with Gasteiger partial charge in [0.25, 0.3) is 0 Å². The molecule has 4 heteroatoms. The summed E-state index contributed by atoms with van der Waals surface area (Å²) in [5.41, 5.74) is 6.96. The molecule has 0 aromatic heterocycles. The van der Waals surface area contributed by atoms with E-state index in [2.05, 4.69) is 34.1 Å². The molecule has 2 N–H and O–H groups in total. The number of benzene rings is 1. The molecular weight excluding hydrogens is 250 g/mol. The lowest BCUT2D eigenvalue weighted by atomic mass is 10.0. The van der Waals surface area contributed by atoms with E-state index < -0.39 is 0 Å². The van der Waals surface area contributed by atoms with Crippen molar-refractivity contribution in [2.75, 3.05) is 52.4 Å². The monoisotopic (exact) mass is 275 g/mol. The number of rotatable bonds is 5. The van der Waals surface area contributed by atoms with E-state index >= 15 is 0 Å². The first-order valence-electron chi connectivity index (χ1n) is 7.73. The molecule has 1 saturated heterocycles. The van der Waals surface area contributed by atoms with Crippen LogP contribution in [0.3, 0.4) is 0 Å². The second-order valence-electron chi connectivity index (χ2n) is 5.83. The largest absolute Gasteiger partial charge is 0.493 e. The van der Waals surface area contributed by atoms with Crippen molar-refractivity contribution in [3.63, 3.8) is 0 Å². The first-order chi connectivity index (χ1) is 9.86. The Kier molecular flexibility index (Phi) is 4.55. The third kappa shape index (κ3) is 3.14. The summed E-state index contributed by atoms with van der Waals surface area (Å²) in [6.45, 7) is 8.61. The van der Waals surface area contributed by atoms with Crippen LogP contribution in [0.25, 0.3) is 0 Å². The highest BCUT2D eigenvalue weighted by Crippen LogP contribution is 2.33. The van der Waals surface area contributed by atoms with Crippen molar-refractivity contribution in [3.05, 3.63) is 29.8 Å². The van der Waals surface area contributed by atoms with Gasteiger partial charge in [0.1, 0.15) is 5.75 Å². The lowest BCUT2D eigenvalue weighted by Crippen LogP contribution is -2.48. The molecule has 0 bridgehead atoms. The third-order valence-electron chi connectivity index (χ3n) is 4.42. The number of hydrogen-bond donors (Lipinski definition) is 1. The van der Waals surface area contributed by atoms with Crippen LogP contribution in [-0.4, -0.2) is 62.2 Å². The summed E-state index contributed by atoms with van der Waals surface area (Å²) in [5.74, 6) is 1.63. The lowest BCUT2D eigenvalue weighted by Gasteiger charge is -2.35. The molecule has 3 rings (SSSR count). The number of nitrogens with two attached hydrogens (primary N) is 1. The van der Waals surface area contributed by atoms with Crippen LogP contribution in [0.4, 0.5) is 0 Å². The van der Waals surface area contributed by atoms with Crippen LogP contribution in [0.5, 0.6) is 5.75 Å². The van der Waals surface area contributed by atoms with Crippen molar-refractivity contribution >= 4 is 0 Å². The molecule has 0 radical (unpaired) electrons. The predicted molar refractivity (Wildman–Crippen MR) is 81.2 cm³/mol. The maximum Gasteiger partial charge on any atom is 0.122 e. The average molecular weight is 275 g/mol. The predicted octanol–water partition coefficient (Wildman–Crippen LogP) is 1.13. The minimum Gasteiger partial charge on any atom is -0.493 e. The van der Waals surface area contributed by atoms with E-state index in [1.165, 1.54) is 31.7 Å². The topological polar surface area (TPSA) is 41.7 Å². The molecule has 1 atom stereocenters. The van der Waals surface area contributed by atoms with Gasteiger partial charge in [-0.15, -0.1) is 0 Å². The van der Waals surface area contributed by atoms with Crippen LogP contribution >= 0.6 is 0 Å². The number of nitrogens with zero attached hydrogens (tertiary/aromatic N) is 2. The van der Waals surface area contributed by atoms with Gasteiger partial charge in [0.05, 0.1) is 6.61 Å². The Hall–Kier alpha value is -1.10. The Morgan fingerprint density at radius 3 is 2.65 bits per heavy atom. The van der Waals surface area contributed by atoms with Crippen molar-refractivity contribution in [2.45, 2.75) is 12.3 Å². The van der Waals surface area contributed by atoms with E-state index in [0.29, 0.717) is 5.92 Å². The van der Waals surface area contributed by atoms with Gasteiger partial charge in [-0.2, -0.15) is 0 Å². The van der Waals surface area contributed by atoms with Gasteiger partial charge in [-0.05, 0) is 25.6 Å². The van der Waals surface area contributed by atoms with E-state index in [4.69, 9.17) is 10.5 Å². The highest BCUT2D eigenvalue weighted by molar-refractivity contribution is 5.39. The van der Waals surface area contributed by atoms with Gasteiger partial charge in [0, 0.05) is 44.2 Å². The number of hydrogen-bond acceptors (Lipinski definition) is 4. The second-order valence-corrected chi connectivity index (χ2v) is 5.83. The van der Waals surface area contributed by atoms with Gasteiger partial charge in [-0.25, -0.2) is 0 Å². The van der Waals surface area contributed by atoms with Crippen LogP contribution in [0.15, 0.2) is 24.3 Å². The molecule has 110 valence electrons. The van der Waals surface area contributed by atoms with Gasteiger partial charge >= 0.3 is 0 Å². The quantitative estimate of drug-likeness (QED) is 0.875. The Morgan fingerprint density at radius 2 is 1.85 bits per heavy atom. The number of para-hydroxylation sites is 1. The van der Waals surface area contributed by atoms with E-state index in [1.54, 1.807) is 0 Å². The minimum atomic E-state index is 0.543. The standard InChI is InChI=1S/C16H25N3O/c17-6-3-7-18-8-10-19(11-9-18)12-14-13-20-16-5-2-1-4-15(14)16/h1-2,4-5,14H,3,6-13,17H2. The molecule has 0 amide bonds. The molecule has 1 unspecified atom stereocenters. The second kappa shape index (κ2) is 6.57. The molecule has 0 spiro atoms. The third-order valence-corrected chi connectivity index (χ3v) is 4.42. The maximum atomic E-state index is 5.78. The van der Waals surface area contributed by atoms with Gasteiger partial charge in [0.2, 0.25) is 0 Å². The zero-order chi connectivity index (χ0) is 13.8. The zero-order valence-electron chi connectivity index (χ0n) is 12.1. The maximum absolute atomic E-state index is 5.78. The molecule has 1 aromatic carbocycles. The van der Waals surface area contributed by atoms with Gasteiger partial charge in [-0.3, -0.25) is 0 Å². The number of fused-ring (bicyclic) bond motifs is 1. The van der Waals surface area contributed by atoms with Gasteiger partial charge in [-0.1, -0.05) is 18.2 Å². The number of ether oxygens (including phenoxy) is 1. The number of piperazine rings is 1. The van der Waals surface area contributed by atoms with Gasteiger partial charge in [0.15, 0.2) is 0 Å². The summed E-state index contributed by atoms with van der Waals surface area (Å²) >= 11 is 0. The van der Waals surface area contributed by atoms with Crippen LogP contribution in [-0.2, 0) is 0 Å². The zero-order valence-corrected chi connectivity index (χ0v) is 12.1. The summed E-state index contributed by atoms with van der Waals surface area (Å²) in [5, 5.41) is 0. The smallest absolute Gasteiger partial charge is 0.122 e. The summed E-state index contributed by atoms with van der Waals surface area (Å²) in [7, 11) is 0. The lowest BCUT2D eigenvalue weighted by molar-refractivity contribution is 0.123. The highest BCUT2D eigenvalue weighted by atomic mass is 16.5. The molecule has 0 aliphatic carbocycles. The summed E-state index contributed by atoms with van der Waals surface area (Å²) < 4.78 is 5.78. The molecule has 2 aliphatic rings. The normalized spacial score (nSPS) is 23.6. The molecule has 0 saturated carbocycles. The van der Waals surface area contributed by atoms with Crippen molar-refractivity contribution < 1.29 is 4.74 Å². The van der Waals surface area contributed by atoms with E-state index in [9.17, 15) is 0 Å². The molecule has 2 heterocycles. The highest BCUT2D eigenvalue weighted by Gasteiger charge is 2.27. The van der Waals surface area contributed by atoms with Crippen molar-refractivity contribution in [3.8, 4) is 5.75 Å². The van der Waals surface area contributed by atoms with Crippen LogP contribution in [0, 0.1) is 0 Å². The van der Waals surface area contributed by atoms with E-state index in [-0.39, 0.29) is 0 Å². The fraction of sp³-hybridized carbons (Fsp3) is 0.625. The van der Waals surface area contributed by atoms with Crippen LogP contribution in [0.1, 0.15) is 17.9 Å².